The Morgan fingerprint density at radius 3 is 2.63 bits per heavy atom. The van der Waals surface area contributed by atoms with E-state index in [0.717, 1.165) is 29.0 Å². The Bertz CT molecular complexity index is 695. The fourth-order valence-electron chi connectivity index (χ4n) is 1.64. The normalized spacial score (nSPS) is 10.4. The lowest BCUT2D eigenvalue weighted by Crippen LogP contribution is -2.21. The smallest absolute Gasteiger partial charge is 0.337 e. The quantitative estimate of drug-likeness (QED) is 0.921. The third-order valence-electron chi connectivity index (χ3n) is 2.60. The van der Waals surface area contributed by atoms with Crippen LogP contribution in [0.3, 0.4) is 0 Å². The topological polar surface area (TPSA) is 59.3 Å². The number of hydrogen-bond acceptors (Lipinski definition) is 2. The predicted octanol–water partition coefficient (Wildman–Crippen LogP) is 1.87. The molecule has 2 rings (SSSR count). The lowest BCUT2D eigenvalue weighted by molar-refractivity contribution is 0.0696. The minimum atomic E-state index is -1.20. The summed E-state index contributed by atoms with van der Waals surface area (Å²) in [6, 6.07) is 5.84. The molecule has 1 N–H and O–H groups in total. The lowest BCUT2D eigenvalue weighted by atomic mass is 10.2. The van der Waals surface area contributed by atoms with Crippen molar-refractivity contribution in [1.29, 1.82) is 0 Å². The van der Waals surface area contributed by atoms with Gasteiger partial charge in [0.25, 0.3) is 5.56 Å². The molecule has 0 unspecified atom stereocenters. The van der Waals surface area contributed by atoms with E-state index >= 15 is 0 Å². The van der Waals surface area contributed by atoms with Gasteiger partial charge in [0.05, 0.1) is 12.1 Å². The Morgan fingerprint density at radius 1 is 1.21 bits per heavy atom. The van der Waals surface area contributed by atoms with Crippen LogP contribution in [0.2, 0.25) is 0 Å². The number of carboxylic acids is 1. The van der Waals surface area contributed by atoms with Crippen LogP contribution in [-0.4, -0.2) is 15.6 Å². The maximum absolute atomic E-state index is 13.5. The number of aromatic nitrogens is 1. The van der Waals surface area contributed by atoms with E-state index in [1.54, 1.807) is 0 Å². The van der Waals surface area contributed by atoms with Crippen molar-refractivity contribution in [2.45, 2.75) is 6.54 Å². The van der Waals surface area contributed by atoms with Crippen LogP contribution < -0.4 is 5.56 Å². The van der Waals surface area contributed by atoms with Crippen molar-refractivity contribution >= 4 is 5.97 Å². The van der Waals surface area contributed by atoms with Crippen LogP contribution >= 0.6 is 0 Å². The van der Waals surface area contributed by atoms with Crippen molar-refractivity contribution in [1.82, 2.24) is 4.57 Å². The van der Waals surface area contributed by atoms with Crippen LogP contribution in [0, 0.1) is 11.6 Å². The summed E-state index contributed by atoms with van der Waals surface area (Å²) in [5.74, 6) is -3.26. The average molecular weight is 265 g/mol. The first-order valence-electron chi connectivity index (χ1n) is 5.35. The summed E-state index contributed by atoms with van der Waals surface area (Å²) in [5.41, 5.74) is -0.616. The maximum Gasteiger partial charge on any atom is 0.337 e. The molecule has 0 radical (unpaired) electrons. The van der Waals surface area contributed by atoms with Crippen LogP contribution in [0.1, 0.15) is 15.9 Å². The molecule has 0 aliphatic carbocycles. The van der Waals surface area contributed by atoms with Crippen LogP contribution in [0.15, 0.2) is 41.3 Å². The van der Waals surface area contributed by atoms with Gasteiger partial charge in [-0.1, -0.05) is 12.1 Å². The summed E-state index contributed by atoms with van der Waals surface area (Å²) in [6.45, 7) is -0.233. The summed E-state index contributed by atoms with van der Waals surface area (Å²) in [4.78, 5) is 22.3. The first-order valence-corrected chi connectivity index (χ1v) is 5.35. The number of nitrogens with zero attached hydrogens (tertiary/aromatic N) is 1. The first kappa shape index (κ1) is 12.9. The molecule has 0 amide bonds. The van der Waals surface area contributed by atoms with Crippen LogP contribution in [-0.2, 0) is 6.54 Å². The summed E-state index contributed by atoms with van der Waals surface area (Å²) in [6.07, 6.45) is 1.09. The predicted molar refractivity (Wildman–Crippen MR) is 63.1 cm³/mol. The van der Waals surface area contributed by atoms with E-state index in [1.807, 2.05) is 0 Å². The zero-order chi connectivity index (χ0) is 14.0. The van der Waals surface area contributed by atoms with Gasteiger partial charge in [-0.15, -0.1) is 0 Å². The summed E-state index contributed by atoms with van der Waals surface area (Å²) in [5, 5.41) is 8.82. The second-order valence-corrected chi connectivity index (χ2v) is 3.90. The zero-order valence-corrected chi connectivity index (χ0v) is 9.64. The fourth-order valence-corrected chi connectivity index (χ4v) is 1.64. The lowest BCUT2D eigenvalue weighted by Gasteiger charge is -2.08. The third kappa shape index (κ3) is 2.67. The van der Waals surface area contributed by atoms with Gasteiger partial charge >= 0.3 is 5.97 Å². The van der Waals surface area contributed by atoms with Crippen LogP contribution in [0.4, 0.5) is 8.78 Å². The molecule has 0 atom stereocenters. The highest BCUT2D eigenvalue weighted by atomic mass is 19.2. The number of carbonyl (C=O) groups is 1. The van der Waals surface area contributed by atoms with Gasteiger partial charge in [0.15, 0.2) is 11.6 Å². The second kappa shape index (κ2) is 5.01. The molecule has 1 aromatic heterocycles. The number of pyridine rings is 1. The molecule has 2 aromatic rings. The van der Waals surface area contributed by atoms with Gasteiger partial charge < -0.3 is 9.67 Å². The number of aromatic carboxylic acids is 1. The van der Waals surface area contributed by atoms with E-state index in [-0.39, 0.29) is 17.7 Å². The Balaban J connectivity index is 2.43. The van der Waals surface area contributed by atoms with Crippen molar-refractivity contribution in [2.75, 3.05) is 0 Å². The molecule has 98 valence electrons. The molecule has 19 heavy (non-hydrogen) atoms. The Labute approximate surface area is 106 Å². The molecule has 0 spiro atoms. The molecule has 0 bridgehead atoms. The van der Waals surface area contributed by atoms with Crippen LogP contribution in [0.5, 0.6) is 0 Å². The summed E-state index contributed by atoms with van der Waals surface area (Å²) >= 11 is 0. The van der Waals surface area contributed by atoms with E-state index in [0.29, 0.717) is 0 Å². The van der Waals surface area contributed by atoms with Gasteiger partial charge in [0.1, 0.15) is 0 Å². The van der Waals surface area contributed by atoms with Crippen LogP contribution in [0.25, 0.3) is 0 Å². The van der Waals surface area contributed by atoms with E-state index in [9.17, 15) is 18.4 Å². The Kier molecular flexibility index (Phi) is 3.41. The monoisotopic (exact) mass is 265 g/mol. The van der Waals surface area contributed by atoms with Crippen molar-refractivity contribution in [3.8, 4) is 0 Å². The molecular formula is C13H9F2NO3. The summed E-state index contributed by atoms with van der Waals surface area (Å²) < 4.78 is 27.5. The van der Waals surface area contributed by atoms with E-state index in [1.165, 1.54) is 12.1 Å². The molecule has 6 heteroatoms. The molecular weight excluding hydrogens is 256 g/mol. The van der Waals surface area contributed by atoms with Gasteiger partial charge in [0.2, 0.25) is 0 Å². The third-order valence-corrected chi connectivity index (χ3v) is 2.60. The zero-order valence-electron chi connectivity index (χ0n) is 9.64. The van der Waals surface area contributed by atoms with Gasteiger partial charge in [-0.3, -0.25) is 4.79 Å². The fraction of sp³-hybridized carbons (Fsp3) is 0.0769. The van der Waals surface area contributed by atoms with Crippen molar-refractivity contribution in [2.24, 2.45) is 0 Å². The Hall–Kier alpha value is -2.50. The molecule has 0 fully saturated rings. The van der Waals surface area contributed by atoms with Crippen molar-refractivity contribution < 1.29 is 18.7 Å². The SMILES string of the molecule is O=C(O)c1ccc(=O)n(Cc2cccc(F)c2F)c1. The van der Waals surface area contributed by atoms with Gasteiger partial charge in [-0.2, -0.15) is 0 Å². The minimum absolute atomic E-state index is 0.0235. The Morgan fingerprint density at radius 2 is 1.95 bits per heavy atom. The number of hydrogen-bond donors (Lipinski definition) is 1. The highest BCUT2D eigenvalue weighted by Gasteiger charge is 2.10. The second-order valence-electron chi connectivity index (χ2n) is 3.90. The van der Waals surface area contributed by atoms with Gasteiger partial charge in [-0.25, -0.2) is 13.6 Å². The largest absolute Gasteiger partial charge is 0.478 e. The molecule has 0 saturated carbocycles. The minimum Gasteiger partial charge on any atom is -0.478 e. The molecule has 4 nitrogen and oxygen atoms in total. The average Bonchev–Trinajstić information content (AvgIpc) is 2.37. The standard InChI is InChI=1S/C13H9F2NO3/c14-10-3-1-2-8(12(10)15)6-16-7-9(13(18)19)4-5-11(16)17/h1-5,7H,6H2,(H,18,19). The highest BCUT2D eigenvalue weighted by molar-refractivity contribution is 5.87. The van der Waals surface area contributed by atoms with Gasteiger partial charge in [0, 0.05) is 17.8 Å². The number of rotatable bonds is 3. The van der Waals surface area contributed by atoms with E-state index in [2.05, 4.69) is 0 Å². The number of halogens is 2. The first-order chi connectivity index (χ1) is 8.99. The number of carboxylic acid groups (broad SMARTS) is 1. The molecule has 0 saturated heterocycles. The van der Waals surface area contributed by atoms with Gasteiger partial charge in [-0.05, 0) is 12.1 Å². The molecule has 1 aromatic carbocycles. The van der Waals surface area contributed by atoms with Crippen molar-refractivity contribution in [3.05, 3.63) is 69.6 Å². The molecule has 1 heterocycles. The van der Waals surface area contributed by atoms with E-state index in [4.69, 9.17) is 5.11 Å². The van der Waals surface area contributed by atoms with E-state index < -0.39 is 23.2 Å². The molecule has 0 aliphatic heterocycles. The number of benzene rings is 1. The summed E-state index contributed by atoms with van der Waals surface area (Å²) in [7, 11) is 0. The highest BCUT2D eigenvalue weighted by Crippen LogP contribution is 2.12. The maximum atomic E-state index is 13.5. The molecule has 0 aliphatic rings. The van der Waals surface area contributed by atoms with Crippen molar-refractivity contribution in [3.63, 3.8) is 0 Å².